The molecule has 138 valence electrons. The van der Waals surface area contributed by atoms with Gasteiger partial charge < -0.3 is 14.2 Å². The van der Waals surface area contributed by atoms with Crippen molar-refractivity contribution in [1.82, 2.24) is 24.4 Å². The monoisotopic (exact) mass is 363 g/mol. The van der Waals surface area contributed by atoms with Crippen molar-refractivity contribution < 1.29 is 9.53 Å². The van der Waals surface area contributed by atoms with Crippen LogP contribution in [0.2, 0.25) is 0 Å². The van der Waals surface area contributed by atoms with Crippen molar-refractivity contribution in [3.05, 3.63) is 66.6 Å². The van der Waals surface area contributed by atoms with Gasteiger partial charge in [0, 0.05) is 38.4 Å². The molecule has 0 radical (unpaired) electrons. The molecule has 0 unspecified atom stereocenters. The lowest BCUT2D eigenvalue weighted by Gasteiger charge is -2.32. The van der Waals surface area contributed by atoms with E-state index in [2.05, 4.69) is 15.0 Å². The van der Waals surface area contributed by atoms with Crippen molar-refractivity contribution >= 4 is 5.91 Å². The van der Waals surface area contributed by atoms with Crippen LogP contribution in [0, 0.1) is 0 Å². The van der Waals surface area contributed by atoms with Crippen LogP contribution in [0.15, 0.2) is 55.2 Å². The summed E-state index contributed by atoms with van der Waals surface area (Å²) in [5.74, 6) is 1.29. The van der Waals surface area contributed by atoms with Gasteiger partial charge in [0.25, 0.3) is 5.91 Å². The second kappa shape index (κ2) is 7.57. The number of piperidine rings is 1. The highest BCUT2D eigenvalue weighted by molar-refractivity contribution is 5.92. The average molecular weight is 363 g/mol. The first kappa shape index (κ1) is 17.2. The molecule has 4 rings (SSSR count). The Morgan fingerprint density at radius 1 is 1.22 bits per heavy atom. The molecule has 7 heteroatoms. The Kier molecular flexibility index (Phi) is 4.82. The number of likely N-dealkylation sites (tertiary alicyclic amines) is 1. The number of rotatable bonds is 4. The Labute approximate surface area is 157 Å². The van der Waals surface area contributed by atoms with Crippen molar-refractivity contribution in [1.29, 1.82) is 0 Å². The van der Waals surface area contributed by atoms with Crippen LogP contribution in [-0.2, 0) is 7.05 Å². The standard InChI is InChI=1S/C20H21N5O2/c1-24-13-18(22-14-24)20(26)25-9-5-6-15(12-25)17-10-21-11-19(23-17)27-16-7-3-2-4-8-16/h2-4,7-8,10-11,13-15H,5-6,9,12H2,1H3/t15-/m1/s1. The van der Waals surface area contributed by atoms with Crippen LogP contribution in [0.1, 0.15) is 34.9 Å². The Balaban J connectivity index is 1.48. The molecule has 0 saturated carbocycles. The summed E-state index contributed by atoms with van der Waals surface area (Å²) in [5.41, 5.74) is 1.33. The Hall–Kier alpha value is -3.22. The molecular formula is C20H21N5O2. The summed E-state index contributed by atoms with van der Waals surface area (Å²) in [5, 5.41) is 0. The molecule has 1 amide bonds. The molecule has 1 fully saturated rings. The number of hydrogen-bond acceptors (Lipinski definition) is 5. The minimum atomic E-state index is -0.0371. The normalized spacial score (nSPS) is 16.9. The van der Waals surface area contributed by atoms with Crippen LogP contribution in [0.4, 0.5) is 0 Å². The molecule has 1 aromatic carbocycles. The van der Waals surface area contributed by atoms with Crippen molar-refractivity contribution in [2.45, 2.75) is 18.8 Å². The maximum Gasteiger partial charge on any atom is 0.274 e. The molecule has 0 aliphatic carbocycles. The molecule has 1 saturated heterocycles. The predicted octanol–water partition coefficient (Wildman–Crippen LogP) is 3.02. The fourth-order valence-electron chi connectivity index (χ4n) is 3.31. The summed E-state index contributed by atoms with van der Waals surface area (Å²) >= 11 is 0. The van der Waals surface area contributed by atoms with Gasteiger partial charge in [-0.2, -0.15) is 0 Å². The van der Waals surface area contributed by atoms with Crippen molar-refractivity contribution in [2.75, 3.05) is 13.1 Å². The number of benzene rings is 1. The molecule has 0 bridgehead atoms. The zero-order valence-electron chi connectivity index (χ0n) is 15.2. The summed E-state index contributed by atoms with van der Waals surface area (Å²) < 4.78 is 7.57. The molecule has 0 spiro atoms. The lowest BCUT2D eigenvalue weighted by molar-refractivity contribution is 0.0700. The van der Waals surface area contributed by atoms with E-state index in [1.807, 2.05) is 42.3 Å². The van der Waals surface area contributed by atoms with E-state index in [4.69, 9.17) is 4.74 Å². The van der Waals surface area contributed by atoms with Crippen LogP contribution in [0.5, 0.6) is 11.6 Å². The maximum atomic E-state index is 12.7. The smallest absolute Gasteiger partial charge is 0.274 e. The SMILES string of the molecule is Cn1cnc(C(=O)N2CCC[C@@H](c3cncc(Oc4ccccc4)n3)C2)c1. The highest BCUT2D eigenvalue weighted by Crippen LogP contribution is 2.28. The van der Waals surface area contributed by atoms with E-state index in [1.54, 1.807) is 29.5 Å². The van der Waals surface area contributed by atoms with Crippen LogP contribution in [0.25, 0.3) is 0 Å². The summed E-state index contributed by atoms with van der Waals surface area (Å²) in [4.78, 5) is 27.6. The molecule has 3 heterocycles. The zero-order valence-corrected chi connectivity index (χ0v) is 15.2. The van der Waals surface area contributed by atoms with Crippen LogP contribution in [-0.4, -0.2) is 43.4 Å². The summed E-state index contributed by atoms with van der Waals surface area (Å²) in [6, 6.07) is 9.51. The van der Waals surface area contributed by atoms with E-state index in [-0.39, 0.29) is 11.8 Å². The van der Waals surface area contributed by atoms with Gasteiger partial charge >= 0.3 is 0 Å². The van der Waals surface area contributed by atoms with Crippen molar-refractivity contribution in [2.24, 2.45) is 7.05 Å². The summed E-state index contributed by atoms with van der Waals surface area (Å²) in [6.45, 7) is 1.35. The highest BCUT2D eigenvalue weighted by Gasteiger charge is 2.27. The molecule has 1 aliphatic heterocycles. The fraction of sp³-hybridized carbons (Fsp3) is 0.300. The average Bonchev–Trinajstić information content (AvgIpc) is 3.15. The minimum absolute atomic E-state index is 0.0371. The maximum absolute atomic E-state index is 12.7. The molecule has 27 heavy (non-hydrogen) atoms. The lowest BCUT2D eigenvalue weighted by atomic mass is 9.95. The van der Waals surface area contributed by atoms with Gasteiger partial charge in [-0.15, -0.1) is 0 Å². The Morgan fingerprint density at radius 2 is 2.07 bits per heavy atom. The fourth-order valence-corrected chi connectivity index (χ4v) is 3.31. The number of imidazole rings is 1. The number of carbonyl (C=O) groups is 1. The number of amides is 1. The van der Waals surface area contributed by atoms with Crippen molar-refractivity contribution in [3.8, 4) is 11.6 Å². The number of aromatic nitrogens is 4. The predicted molar refractivity (Wildman–Crippen MR) is 99.6 cm³/mol. The lowest BCUT2D eigenvalue weighted by Crippen LogP contribution is -2.39. The second-order valence-corrected chi connectivity index (χ2v) is 6.71. The second-order valence-electron chi connectivity index (χ2n) is 6.71. The third-order valence-corrected chi connectivity index (χ3v) is 4.65. The van der Waals surface area contributed by atoms with Gasteiger partial charge in [-0.05, 0) is 25.0 Å². The van der Waals surface area contributed by atoms with Gasteiger partial charge in [0.15, 0.2) is 0 Å². The molecule has 2 aromatic heterocycles. The molecule has 7 nitrogen and oxygen atoms in total. The third kappa shape index (κ3) is 3.97. The van der Waals surface area contributed by atoms with E-state index in [9.17, 15) is 4.79 Å². The van der Waals surface area contributed by atoms with Crippen LogP contribution in [0.3, 0.4) is 0 Å². The van der Waals surface area contributed by atoms with Gasteiger partial charge in [-0.1, -0.05) is 18.2 Å². The Morgan fingerprint density at radius 3 is 2.85 bits per heavy atom. The van der Waals surface area contributed by atoms with Crippen molar-refractivity contribution in [3.63, 3.8) is 0 Å². The molecule has 3 aromatic rings. The quantitative estimate of drug-likeness (QED) is 0.712. The van der Waals surface area contributed by atoms with Gasteiger partial charge in [-0.25, -0.2) is 9.97 Å². The van der Waals surface area contributed by atoms with E-state index < -0.39 is 0 Å². The number of carbonyl (C=O) groups excluding carboxylic acids is 1. The first-order chi connectivity index (χ1) is 13.2. The van der Waals surface area contributed by atoms with Gasteiger partial charge in [-0.3, -0.25) is 9.78 Å². The number of hydrogen-bond donors (Lipinski definition) is 0. The molecule has 1 atom stereocenters. The Bertz CT molecular complexity index is 925. The number of aryl methyl sites for hydroxylation is 1. The summed E-state index contributed by atoms with van der Waals surface area (Å²) in [7, 11) is 1.86. The largest absolute Gasteiger partial charge is 0.437 e. The van der Waals surface area contributed by atoms with E-state index >= 15 is 0 Å². The van der Waals surface area contributed by atoms with Gasteiger partial charge in [0.1, 0.15) is 11.4 Å². The first-order valence-corrected chi connectivity index (χ1v) is 9.01. The van der Waals surface area contributed by atoms with E-state index in [0.29, 0.717) is 18.1 Å². The number of nitrogens with zero attached hydrogens (tertiary/aromatic N) is 5. The van der Waals surface area contributed by atoms with E-state index in [0.717, 1.165) is 30.8 Å². The number of para-hydroxylation sites is 1. The third-order valence-electron chi connectivity index (χ3n) is 4.65. The van der Waals surface area contributed by atoms with Gasteiger partial charge in [0.2, 0.25) is 5.88 Å². The number of ether oxygens (including phenoxy) is 1. The van der Waals surface area contributed by atoms with Crippen LogP contribution >= 0.6 is 0 Å². The topological polar surface area (TPSA) is 73.1 Å². The highest BCUT2D eigenvalue weighted by atomic mass is 16.5. The van der Waals surface area contributed by atoms with E-state index in [1.165, 1.54) is 0 Å². The molecule has 1 aliphatic rings. The van der Waals surface area contributed by atoms with Gasteiger partial charge in [0.05, 0.1) is 18.2 Å². The molecular weight excluding hydrogens is 342 g/mol. The first-order valence-electron chi connectivity index (χ1n) is 9.01. The molecule has 0 N–H and O–H groups in total. The summed E-state index contributed by atoms with van der Waals surface area (Å²) in [6.07, 6.45) is 8.65. The van der Waals surface area contributed by atoms with Crippen LogP contribution < -0.4 is 4.74 Å². The zero-order chi connectivity index (χ0) is 18.6. The minimum Gasteiger partial charge on any atom is -0.437 e.